The minimum atomic E-state index is -0.761. The number of carbonyl (C=O) groups excluding carboxylic acids is 2. The number of benzene rings is 1. The van der Waals surface area contributed by atoms with Gasteiger partial charge in [-0.05, 0) is 24.1 Å². The van der Waals surface area contributed by atoms with Crippen LogP contribution in [0.25, 0.3) is 0 Å². The van der Waals surface area contributed by atoms with E-state index in [0.717, 1.165) is 12.0 Å². The van der Waals surface area contributed by atoms with Gasteiger partial charge in [0.05, 0.1) is 11.7 Å². The summed E-state index contributed by atoms with van der Waals surface area (Å²) in [5.41, 5.74) is 1.55. The second-order valence-corrected chi connectivity index (χ2v) is 6.16. The van der Waals surface area contributed by atoms with E-state index in [9.17, 15) is 14.7 Å². The van der Waals surface area contributed by atoms with Crippen molar-refractivity contribution in [2.75, 3.05) is 26.2 Å². The maximum atomic E-state index is 12.5. The van der Waals surface area contributed by atoms with Crippen LogP contribution in [0.15, 0.2) is 54.9 Å². The van der Waals surface area contributed by atoms with Crippen molar-refractivity contribution in [3.63, 3.8) is 0 Å². The van der Waals surface area contributed by atoms with Gasteiger partial charge in [0.2, 0.25) is 5.91 Å². The van der Waals surface area contributed by atoms with Gasteiger partial charge >= 0.3 is 0 Å². The lowest BCUT2D eigenvalue weighted by Crippen LogP contribution is -2.40. The first kappa shape index (κ1) is 17.1. The molecule has 25 heavy (non-hydrogen) atoms. The number of aliphatic hydroxyl groups is 1. The van der Waals surface area contributed by atoms with Gasteiger partial charge in [-0.15, -0.1) is 0 Å². The number of nitrogens with zero attached hydrogens (tertiary/aromatic N) is 3. The Morgan fingerprint density at radius 1 is 1.16 bits per heavy atom. The van der Waals surface area contributed by atoms with Crippen molar-refractivity contribution < 1.29 is 14.7 Å². The molecule has 6 heteroatoms. The van der Waals surface area contributed by atoms with Gasteiger partial charge < -0.3 is 14.9 Å². The van der Waals surface area contributed by atoms with E-state index < -0.39 is 6.10 Å². The van der Waals surface area contributed by atoms with Crippen molar-refractivity contribution in [2.45, 2.75) is 12.5 Å². The lowest BCUT2D eigenvalue weighted by Gasteiger charge is -2.21. The molecule has 2 aromatic rings. The average Bonchev–Trinajstić information content (AvgIpc) is 2.79. The largest absolute Gasteiger partial charge is 0.389 e. The molecule has 2 amide bonds. The van der Waals surface area contributed by atoms with Crippen LogP contribution in [0.5, 0.6) is 0 Å². The second-order valence-electron chi connectivity index (χ2n) is 6.16. The van der Waals surface area contributed by atoms with Gasteiger partial charge in [-0.25, -0.2) is 0 Å². The summed E-state index contributed by atoms with van der Waals surface area (Å²) in [5, 5.41) is 10.2. The van der Waals surface area contributed by atoms with Crippen molar-refractivity contribution >= 4 is 11.8 Å². The normalized spacial score (nSPS) is 18.1. The van der Waals surface area contributed by atoms with Crippen molar-refractivity contribution in [2.24, 2.45) is 0 Å². The Balaban J connectivity index is 1.66. The van der Waals surface area contributed by atoms with Gasteiger partial charge in [0, 0.05) is 32.0 Å². The molecule has 0 saturated carbocycles. The smallest absolute Gasteiger partial charge is 0.255 e. The Kier molecular flexibility index (Phi) is 5.40. The van der Waals surface area contributed by atoms with Crippen LogP contribution >= 0.6 is 0 Å². The molecule has 1 aliphatic rings. The van der Waals surface area contributed by atoms with E-state index in [0.29, 0.717) is 12.1 Å². The summed E-state index contributed by atoms with van der Waals surface area (Å²) in [6, 6.07) is 13.2. The zero-order chi connectivity index (χ0) is 17.6. The van der Waals surface area contributed by atoms with Gasteiger partial charge in [-0.1, -0.05) is 30.3 Å². The number of amides is 2. The first-order chi connectivity index (χ1) is 12.1. The molecule has 6 nitrogen and oxygen atoms in total. The molecular formula is C19H21N3O3. The zero-order valence-electron chi connectivity index (χ0n) is 13.9. The summed E-state index contributed by atoms with van der Waals surface area (Å²) in [7, 11) is 0. The Hall–Kier alpha value is -2.73. The molecule has 1 aliphatic heterocycles. The number of aromatic nitrogens is 1. The molecule has 1 atom stereocenters. The number of hydrogen-bond acceptors (Lipinski definition) is 4. The third-order valence-corrected chi connectivity index (χ3v) is 4.25. The molecule has 2 heterocycles. The highest BCUT2D eigenvalue weighted by Gasteiger charge is 2.29. The quantitative estimate of drug-likeness (QED) is 0.901. The van der Waals surface area contributed by atoms with E-state index in [-0.39, 0.29) is 31.4 Å². The van der Waals surface area contributed by atoms with Crippen LogP contribution < -0.4 is 0 Å². The van der Waals surface area contributed by atoms with Crippen LogP contribution in [-0.2, 0) is 11.2 Å². The summed E-state index contributed by atoms with van der Waals surface area (Å²) in [5.74, 6) is -0.435. The van der Waals surface area contributed by atoms with Gasteiger partial charge in [0.15, 0.2) is 0 Å². The monoisotopic (exact) mass is 339 g/mol. The predicted octanol–water partition coefficient (Wildman–Crippen LogP) is 0.970. The maximum absolute atomic E-state index is 12.5. The number of hydrogen-bond donors (Lipinski definition) is 1. The third-order valence-electron chi connectivity index (χ3n) is 4.25. The maximum Gasteiger partial charge on any atom is 0.255 e. The van der Waals surface area contributed by atoms with Crippen LogP contribution in [0, 0.1) is 0 Å². The summed E-state index contributed by atoms with van der Waals surface area (Å²) >= 11 is 0. The van der Waals surface area contributed by atoms with E-state index in [1.807, 2.05) is 30.3 Å². The van der Waals surface area contributed by atoms with Crippen LogP contribution in [0.2, 0.25) is 0 Å². The molecule has 0 radical (unpaired) electrons. The predicted molar refractivity (Wildman–Crippen MR) is 92.9 cm³/mol. The first-order valence-corrected chi connectivity index (χ1v) is 8.32. The average molecular weight is 339 g/mol. The van der Waals surface area contributed by atoms with Crippen LogP contribution in [0.4, 0.5) is 0 Å². The SMILES string of the molecule is O=C1CN(C(=O)c2cccnc2)CC(O)CN1CCc1ccccc1. The number of pyridine rings is 1. The Morgan fingerprint density at radius 2 is 1.96 bits per heavy atom. The van der Waals surface area contributed by atoms with Crippen molar-refractivity contribution in [3.05, 3.63) is 66.0 Å². The fourth-order valence-corrected chi connectivity index (χ4v) is 2.95. The third kappa shape index (κ3) is 4.42. The van der Waals surface area contributed by atoms with Crippen molar-refractivity contribution in [3.8, 4) is 0 Å². The topological polar surface area (TPSA) is 73.7 Å². The zero-order valence-corrected chi connectivity index (χ0v) is 13.9. The molecule has 3 rings (SSSR count). The molecule has 0 spiro atoms. The fraction of sp³-hybridized carbons (Fsp3) is 0.316. The molecule has 0 aliphatic carbocycles. The lowest BCUT2D eigenvalue weighted by atomic mass is 10.1. The Morgan fingerprint density at radius 3 is 2.68 bits per heavy atom. The Bertz CT molecular complexity index is 721. The molecule has 1 aromatic carbocycles. The number of β-amino-alcohol motifs (C(OH)–C–C–N with tert-alkyl or cyclic N) is 1. The van der Waals surface area contributed by atoms with E-state index in [1.165, 1.54) is 11.1 Å². The molecule has 1 N–H and O–H groups in total. The molecule has 1 saturated heterocycles. The van der Waals surface area contributed by atoms with Gasteiger partial charge in [0.1, 0.15) is 6.54 Å². The van der Waals surface area contributed by atoms with E-state index >= 15 is 0 Å². The second kappa shape index (κ2) is 7.90. The standard InChI is InChI=1S/C19H21N3O3/c23-17-12-21(10-8-15-5-2-1-3-6-15)18(24)14-22(13-17)19(25)16-7-4-9-20-11-16/h1-7,9,11,17,23H,8,10,12-14H2. The highest BCUT2D eigenvalue weighted by Crippen LogP contribution is 2.11. The molecular weight excluding hydrogens is 318 g/mol. The number of aliphatic hydroxyl groups excluding tert-OH is 1. The summed E-state index contributed by atoms with van der Waals surface area (Å²) in [6.07, 6.45) is 3.01. The molecule has 1 unspecified atom stereocenters. The minimum absolute atomic E-state index is 0.0282. The molecule has 130 valence electrons. The van der Waals surface area contributed by atoms with Crippen LogP contribution in [0.3, 0.4) is 0 Å². The Labute approximate surface area is 146 Å². The van der Waals surface area contributed by atoms with Crippen molar-refractivity contribution in [1.82, 2.24) is 14.8 Å². The highest BCUT2D eigenvalue weighted by molar-refractivity contribution is 5.96. The van der Waals surface area contributed by atoms with E-state index in [2.05, 4.69) is 4.98 Å². The van der Waals surface area contributed by atoms with Crippen LogP contribution in [0.1, 0.15) is 15.9 Å². The van der Waals surface area contributed by atoms with E-state index in [4.69, 9.17) is 0 Å². The molecule has 1 fully saturated rings. The van der Waals surface area contributed by atoms with Crippen molar-refractivity contribution in [1.29, 1.82) is 0 Å². The summed E-state index contributed by atoms with van der Waals surface area (Å²) in [6.45, 7) is 0.873. The number of rotatable bonds is 4. The van der Waals surface area contributed by atoms with Crippen LogP contribution in [-0.4, -0.2) is 64.0 Å². The first-order valence-electron chi connectivity index (χ1n) is 8.32. The van der Waals surface area contributed by atoms with Gasteiger partial charge in [-0.2, -0.15) is 0 Å². The highest BCUT2D eigenvalue weighted by atomic mass is 16.3. The van der Waals surface area contributed by atoms with Gasteiger partial charge in [0.25, 0.3) is 5.91 Å². The summed E-state index contributed by atoms with van der Waals surface area (Å²) in [4.78, 5) is 32.0. The number of carbonyl (C=O) groups is 2. The molecule has 0 bridgehead atoms. The summed E-state index contributed by atoms with van der Waals surface area (Å²) < 4.78 is 0. The van der Waals surface area contributed by atoms with Gasteiger partial charge in [-0.3, -0.25) is 14.6 Å². The van der Waals surface area contributed by atoms with E-state index in [1.54, 1.807) is 23.2 Å². The lowest BCUT2D eigenvalue weighted by molar-refractivity contribution is -0.131. The molecule has 1 aromatic heterocycles. The minimum Gasteiger partial charge on any atom is -0.389 e. The fourth-order valence-electron chi connectivity index (χ4n) is 2.95.